The molecule has 0 aliphatic heterocycles. The summed E-state index contributed by atoms with van der Waals surface area (Å²) >= 11 is 1.56. The third-order valence-electron chi connectivity index (χ3n) is 4.25. The molecule has 0 unspecified atom stereocenters. The Morgan fingerprint density at radius 2 is 1.82 bits per heavy atom. The van der Waals surface area contributed by atoms with Gasteiger partial charge in [-0.1, -0.05) is 17.3 Å². The summed E-state index contributed by atoms with van der Waals surface area (Å²) in [4.78, 5) is 25.1. The van der Waals surface area contributed by atoms with Gasteiger partial charge in [0.15, 0.2) is 0 Å². The molecule has 0 aliphatic carbocycles. The molecule has 0 saturated heterocycles. The molecular formula is C21H20N2O4S. The number of esters is 1. The SMILES string of the molecule is COC(=O)c1ccc(NC(=O)c2ccccc2SCc2c(C)noc2C)cc1. The Bertz CT molecular complexity index is 976. The van der Waals surface area contributed by atoms with Gasteiger partial charge in [-0.2, -0.15) is 0 Å². The lowest BCUT2D eigenvalue weighted by molar-refractivity contribution is 0.0600. The molecule has 3 aromatic rings. The summed E-state index contributed by atoms with van der Waals surface area (Å²) in [6.07, 6.45) is 0. The predicted molar refractivity (Wildman–Crippen MR) is 108 cm³/mol. The van der Waals surface area contributed by atoms with E-state index < -0.39 is 5.97 Å². The summed E-state index contributed by atoms with van der Waals surface area (Å²) < 4.78 is 9.88. The average Bonchev–Trinajstić information content (AvgIpc) is 3.04. The van der Waals surface area contributed by atoms with E-state index in [4.69, 9.17) is 4.52 Å². The zero-order valence-electron chi connectivity index (χ0n) is 15.8. The van der Waals surface area contributed by atoms with Crippen LogP contribution < -0.4 is 5.32 Å². The molecule has 0 radical (unpaired) electrons. The molecule has 1 heterocycles. The second-order valence-corrected chi connectivity index (χ2v) is 7.13. The molecule has 1 amide bonds. The number of rotatable bonds is 6. The minimum Gasteiger partial charge on any atom is -0.465 e. The molecular weight excluding hydrogens is 376 g/mol. The first kappa shape index (κ1) is 19.7. The third kappa shape index (κ3) is 4.43. The molecule has 0 spiro atoms. The summed E-state index contributed by atoms with van der Waals surface area (Å²) in [7, 11) is 1.33. The van der Waals surface area contributed by atoms with E-state index in [0.717, 1.165) is 21.9 Å². The second kappa shape index (κ2) is 8.75. The van der Waals surface area contributed by atoms with Crippen molar-refractivity contribution >= 4 is 29.3 Å². The van der Waals surface area contributed by atoms with E-state index in [-0.39, 0.29) is 5.91 Å². The van der Waals surface area contributed by atoms with Crippen molar-refractivity contribution in [1.82, 2.24) is 5.16 Å². The highest BCUT2D eigenvalue weighted by Crippen LogP contribution is 2.29. The van der Waals surface area contributed by atoms with Crippen LogP contribution in [-0.4, -0.2) is 24.1 Å². The molecule has 144 valence electrons. The number of carbonyl (C=O) groups is 2. The standard InChI is InChI=1S/C21H20N2O4S/c1-13-18(14(2)27-23-13)12-28-19-7-5-4-6-17(19)20(24)22-16-10-8-15(9-11-16)21(25)26-3/h4-11H,12H2,1-3H3,(H,22,24). The van der Waals surface area contributed by atoms with Crippen LogP contribution >= 0.6 is 11.8 Å². The normalized spacial score (nSPS) is 10.5. The van der Waals surface area contributed by atoms with Crippen LogP contribution in [0.4, 0.5) is 5.69 Å². The van der Waals surface area contributed by atoms with E-state index in [1.165, 1.54) is 7.11 Å². The van der Waals surface area contributed by atoms with Crippen LogP contribution in [0.2, 0.25) is 0 Å². The molecule has 28 heavy (non-hydrogen) atoms. The van der Waals surface area contributed by atoms with E-state index in [0.29, 0.717) is 22.6 Å². The number of thioether (sulfide) groups is 1. The molecule has 2 aromatic carbocycles. The molecule has 0 fully saturated rings. The van der Waals surface area contributed by atoms with Crippen molar-refractivity contribution in [2.75, 3.05) is 12.4 Å². The van der Waals surface area contributed by atoms with Gasteiger partial charge in [0.05, 0.1) is 23.9 Å². The number of hydrogen-bond acceptors (Lipinski definition) is 6. The first-order valence-electron chi connectivity index (χ1n) is 8.63. The largest absolute Gasteiger partial charge is 0.465 e. The number of nitrogens with one attached hydrogen (secondary N) is 1. The molecule has 6 nitrogen and oxygen atoms in total. The molecule has 0 bridgehead atoms. The lowest BCUT2D eigenvalue weighted by atomic mass is 10.2. The van der Waals surface area contributed by atoms with Gasteiger partial charge in [0, 0.05) is 21.9 Å². The van der Waals surface area contributed by atoms with Gasteiger partial charge in [0.2, 0.25) is 0 Å². The van der Waals surface area contributed by atoms with E-state index in [2.05, 4.69) is 15.2 Å². The van der Waals surface area contributed by atoms with E-state index >= 15 is 0 Å². The number of carbonyl (C=O) groups excluding carboxylic acids is 2. The molecule has 0 saturated carbocycles. The molecule has 7 heteroatoms. The quantitative estimate of drug-likeness (QED) is 0.484. The Morgan fingerprint density at radius 1 is 1.11 bits per heavy atom. The lowest BCUT2D eigenvalue weighted by Gasteiger charge is -2.10. The van der Waals surface area contributed by atoms with Crippen molar-refractivity contribution in [3.63, 3.8) is 0 Å². The van der Waals surface area contributed by atoms with Crippen LogP contribution in [0.5, 0.6) is 0 Å². The molecule has 1 aromatic heterocycles. The average molecular weight is 396 g/mol. The maximum atomic E-state index is 12.8. The first-order chi connectivity index (χ1) is 13.5. The maximum Gasteiger partial charge on any atom is 0.337 e. The van der Waals surface area contributed by atoms with Crippen molar-refractivity contribution in [1.29, 1.82) is 0 Å². The summed E-state index contributed by atoms with van der Waals surface area (Å²) in [5.74, 6) is 0.823. The number of ether oxygens (including phenoxy) is 1. The van der Waals surface area contributed by atoms with Crippen molar-refractivity contribution in [2.45, 2.75) is 24.5 Å². The summed E-state index contributed by atoms with van der Waals surface area (Å²) in [5.41, 5.74) is 3.51. The number of hydrogen-bond donors (Lipinski definition) is 1. The monoisotopic (exact) mass is 396 g/mol. The van der Waals surface area contributed by atoms with Crippen molar-refractivity contribution in [2.24, 2.45) is 0 Å². The summed E-state index contributed by atoms with van der Waals surface area (Å²) in [6, 6.07) is 14.0. The van der Waals surface area contributed by atoms with Crippen LogP contribution in [0.25, 0.3) is 0 Å². The topological polar surface area (TPSA) is 81.4 Å². The molecule has 3 rings (SSSR count). The van der Waals surface area contributed by atoms with Crippen molar-refractivity contribution in [3.8, 4) is 0 Å². The number of benzene rings is 2. The number of anilines is 1. The molecule has 0 atom stereocenters. The number of aryl methyl sites for hydroxylation is 2. The fourth-order valence-corrected chi connectivity index (χ4v) is 3.85. The molecule has 0 aliphatic rings. The second-order valence-electron chi connectivity index (χ2n) is 6.11. The van der Waals surface area contributed by atoms with Gasteiger partial charge >= 0.3 is 5.97 Å². The van der Waals surface area contributed by atoms with Gasteiger partial charge in [-0.05, 0) is 50.2 Å². The fourth-order valence-electron chi connectivity index (χ4n) is 2.64. The minimum absolute atomic E-state index is 0.215. The maximum absolute atomic E-state index is 12.8. The van der Waals surface area contributed by atoms with Crippen LogP contribution in [0.3, 0.4) is 0 Å². The predicted octanol–water partition coefficient (Wildman–Crippen LogP) is 4.62. The zero-order valence-corrected chi connectivity index (χ0v) is 16.6. The van der Waals surface area contributed by atoms with E-state index in [1.54, 1.807) is 42.1 Å². The smallest absolute Gasteiger partial charge is 0.337 e. The van der Waals surface area contributed by atoms with Crippen molar-refractivity contribution < 1.29 is 18.8 Å². The van der Waals surface area contributed by atoms with Crippen LogP contribution in [0, 0.1) is 13.8 Å². The Kier molecular flexibility index (Phi) is 6.16. The summed E-state index contributed by atoms with van der Waals surface area (Å²) in [5, 5.41) is 6.83. The number of aromatic nitrogens is 1. The number of amides is 1. The minimum atomic E-state index is -0.418. The highest BCUT2D eigenvalue weighted by atomic mass is 32.2. The third-order valence-corrected chi connectivity index (χ3v) is 5.35. The van der Waals surface area contributed by atoms with Crippen LogP contribution in [-0.2, 0) is 10.5 Å². The lowest BCUT2D eigenvalue weighted by Crippen LogP contribution is -2.13. The Labute approximate surface area is 167 Å². The van der Waals surface area contributed by atoms with Gasteiger partial charge in [0.1, 0.15) is 5.76 Å². The first-order valence-corrected chi connectivity index (χ1v) is 9.61. The fraction of sp³-hybridized carbons (Fsp3) is 0.190. The van der Waals surface area contributed by atoms with Crippen LogP contribution in [0.1, 0.15) is 37.7 Å². The highest BCUT2D eigenvalue weighted by Gasteiger charge is 2.15. The van der Waals surface area contributed by atoms with Gasteiger partial charge in [0.25, 0.3) is 5.91 Å². The van der Waals surface area contributed by atoms with Gasteiger partial charge in [-0.3, -0.25) is 4.79 Å². The number of methoxy groups -OCH3 is 1. The zero-order chi connectivity index (χ0) is 20.1. The Morgan fingerprint density at radius 3 is 2.46 bits per heavy atom. The molecule has 1 N–H and O–H groups in total. The Hall–Kier alpha value is -3.06. The van der Waals surface area contributed by atoms with Gasteiger partial charge < -0.3 is 14.6 Å². The Balaban J connectivity index is 1.73. The number of nitrogens with zero attached hydrogens (tertiary/aromatic N) is 1. The van der Waals surface area contributed by atoms with E-state index in [9.17, 15) is 9.59 Å². The highest BCUT2D eigenvalue weighted by molar-refractivity contribution is 7.98. The van der Waals surface area contributed by atoms with Crippen molar-refractivity contribution in [3.05, 3.63) is 76.7 Å². The van der Waals surface area contributed by atoms with E-state index in [1.807, 2.05) is 32.0 Å². The van der Waals surface area contributed by atoms with Gasteiger partial charge in [-0.25, -0.2) is 4.79 Å². The summed E-state index contributed by atoms with van der Waals surface area (Å²) in [6.45, 7) is 3.79. The van der Waals surface area contributed by atoms with Crippen LogP contribution in [0.15, 0.2) is 57.9 Å². The van der Waals surface area contributed by atoms with Gasteiger partial charge in [-0.15, -0.1) is 11.8 Å².